The number of rotatable bonds is 2. The molecule has 2 nitrogen and oxygen atoms in total. The van der Waals surface area contributed by atoms with Gasteiger partial charge in [0.1, 0.15) is 0 Å². The van der Waals surface area contributed by atoms with Crippen LogP contribution >= 0.6 is 0 Å². The van der Waals surface area contributed by atoms with Gasteiger partial charge in [0.2, 0.25) is 0 Å². The molecule has 0 aliphatic heterocycles. The third-order valence-electron chi connectivity index (χ3n) is 5.54. The van der Waals surface area contributed by atoms with Crippen LogP contribution in [0, 0.1) is 5.92 Å². The van der Waals surface area contributed by atoms with Crippen molar-refractivity contribution in [2.75, 3.05) is 0 Å². The van der Waals surface area contributed by atoms with E-state index < -0.39 is 82.5 Å². The Bertz CT molecular complexity index is 820. The smallest absolute Gasteiger partial charge is 0.373 e. The van der Waals surface area contributed by atoms with Crippen molar-refractivity contribution in [2.24, 2.45) is 5.92 Å². The number of aliphatic hydroxyl groups is 2. The molecule has 2 N–H and O–H groups in total. The SMILES string of the molecule is CC1=CC(C(O)(C(F)(F)F)C(F)(F)F)=C2CCC2=C(C)C1C(O)(C(F)(F)F)C(F)(F)F. The van der Waals surface area contributed by atoms with Crippen molar-refractivity contribution in [1.82, 2.24) is 0 Å². The van der Waals surface area contributed by atoms with Gasteiger partial charge in [-0.1, -0.05) is 17.2 Å². The van der Waals surface area contributed by atoms with E-state index in [1.807, 2.05) is 0 Å². The highest BCUT2D eigenvalue weighted by molar-refractivity contribution is 5.58. The number of hydrogen-bond donors (Lipinski definition) is 2. The zero-order chi connectivity index (χ0) is 24.6. The van der Waals surface area contributed by atoms with Gasteiger partial charge in [0.05, 0.1) is 0 Å². The van der Waals surface area contributed by atoms with Crippen molar-refractivity contribution in [1.29, 1.82) is 0 Å². The summed E-state index contributed by atoms with van der Waals surface area (Å²) in [5.74, 6) is -3.07. The average molecular weight is 478 g/mol. The zero-order valence-electron chi connectivity index (χ0n) is 15.5. The Hall–Kier alpha value is -1.70. The van der Waals surface area contributed by atoms with Crippen LogP contribution < -0.4 is 0 Å². The number of hydrogen-bond acceptors (Lipinski definition) is 2. The van der Waals surface area contributed by atoms with Crippen LogP contribution in [-0.2, 0) is 0 Å². The largest absolute Gasteiger partial charge is 0.430 e. The highest BCUT2D eigenvalue weighted by atomic mass is 19.4. The van der Waals surface area contributed by atoms with Crippen molar-refractivity contribution in [3.63, 3.8) is 0 Å². The van der Waals surface area contributed by atoms with Gasteiger partial charge < -0.3 is 10.2 Å². The van der Waals surface area contributed by atoms with Gasteiger partial charge in [-0.3, -0.25) is 0 Å². The minimum atomic E-state index is -6.40. The van der Waals surface area contributed by atoms with E-state index in [1.54, 1.807) is 0 Å². The third-order valence-corrected chi connectivity index (χ3v) is 5.54. The lowest BCUT2D eigenvalue weighted by molar-refractivity contribution is -0.378. The van der Waals surface area contributed by atoms with Crippen molar-refractivity contribution in [2.45, 2.75) is 62.6 Å². The summed E-state index contributed by atoms with van der Waals surface area (Å²) in [7, 11) is 0. The summed E-state index contributed by atoms with van der Waals surface area (Å²) < 4.78 is 160. The summed E-state index contributed by atoms with van der Waals surface area (Å²) in [6.07, 6.45) is -26.8. The van der Waals surface area contributed by atoms with Gasteiger partial charge in [-0.15, -0.1) is 0 Å². The molecule has 1 saturated carbocycles. The molecule has 0 aromatic rings. The molecule has 0 radical (unpaired) electrons. The molecule has 31 heavy (non-hydrogen) atoms. The van der Waals surface area contributed by atoms with Crippen LogP contribution in [-0.4, -0.2) is 46.1 Å². The summed E-state index contributed by atoms with van der Waals surface area (Å²) in [5.41, 5.74) is -16.7. The number of alkyl halides is 12. The molecule has 1 atom stereocenters. The minimum absolute atomic E-state index is 0.195. The van der Waals surface area contributed by atoms with Gasteiger partial charge in [-0.25, -0.2) is 0 Å². The van der Waals surface area contributed by atoms with E-state index in [4.69, 9.17) is 0 Å². The first-order valence-electron chi connectivity index (χ1n) is 8.37. The molecule has 0 bridgehead atoms. The molecule has 14 heteroatoms. The predicted octanol–water partition coefficient (Wildman–Crippen LogP) is 5.68. The molecular formula is C17H14F12O2. The van der Waals surface area contributed by atoms with E-state index in [2.05, 4.69) is 0 Å². The van der Waals surface area contributed by atoms with E-state index in [1.165, 1.54) is 0 Å². The Morgan fingerprint density at radius 3 is 1.35 bits per heavy atom. The quantitative estimate of drug-likeness (QED) is 0.502. The Kier molecular flexibility index (Phi) is 5.69. The van der Waals surface area contributed by atoms with Gasteiger partial charge in [0.15, 0.2) is 0 Å². The van der Waals surface area contributed by atoms with E-state index in [0.29, 0.717) is 13.8 Å². The topological polar surface area (TPSA) is 40.5 Å². The van der Waals surface area contributed by atoms with E-state index in [9.17, 15) is 62.9 Å². The summed E-state index contributed by atoms with van der Waals surface area (Å²) in [6, 6.07) is 0. The molecule has 1 fully saturated rings. The highest BCUT2D eigenvalue weighted by Crippen LogP contribution is 2.58. The Morgan fingerprint density at radius 1 is 0.677 bits per heavy atom. The van der Waals surface area contributed by atoms with Crippen LogP contribution in [0.3, 0.4) is 0 Å². The molecule has 2 aliphatic rings. The average Bonchev–Trinajstić information content (AvgIpc) is 2.53. The van der Waals surface area contributed by atoms with Crippen LogP contribution in [0.2, 0.25) is 0 Å². The fraction of sp³-hybridized carbons (Fsp3) is 0.647. The molecule has 0 heterocycles. The molecule has 2 rings (SSSR count). The molecule has 0 amide bonds. The Balaban J connectivity index is 2.91. The van der Waals surface area contributed by atoms with Crippen LogP contribution in [0.4, 0.5) is 52.7 Å². The molecule has 1 unspecified atom stereocenters. The minimum Gasteiger partial charge on any atom is -0.373 e. The van der Waals surface area contributed by atoms with Crippen LogP contribution in [0.1, 0.15) is 26.7 Å². The maximum absolute atomic E-state index is 13.4. The molecule has 0 spiro atoms. The Labute approximate surface area is 166 Å². The second-order valence-corrected chi connectivity index (χ2v) is 7.34. The maximum atomic E-state index is 13.4. The van der Waals surface area contributed by atoms with E-state index in [-0.39, 0.29) is 6.08 Å². The van der Waals surface area contributed by atoms with Gasteiger partial charge in [0, 0.05) is 11.5 Å². The first-order valence-corrected chi connectivity index (χ1v) is 8.37. The van der Waals surface area contributed by atoms with Crippen LogP contribution in [0.15, 0.2) is 33.9 Å². The second-order valence-electron chi connectivity index (χ2n) is 7.34. The predicted molar refractivity (Wildman–Crippen MR) is 80.3 cm³/mol. The maximum Gasteiger partial charge on any atom is 0.430 e. The monoisotopic (exact) mass is 478 g/mol. The van der Waals surface area contributed by atoms with Crippen molar-refractivity contribution in [3.05, 3.63) is 33.9 Å². The summed E-state index contributed by atoms with van der Waals surface area (Å²) in [4.78, 5) is 0. The molecule has 0 saturated heterocycles. The van der Waals surface area contributed by atoms with E-state index >= 15 is 0 Å². The number of halogens is 12. The van der Waals surface area contributed by atoms with Gasteiger partial charge >= 0.3 is 24.7 Å². The van der Waals surface area contributed by atoms with Gasteiger partial charge in [0.25, 0.3) is 11.2 Å². The van der Waals surface area contributed by atoms with Crippen LogP contribution in [0.25, 0.3) is 0 Å². The van der Waals surface area contributed by atoms with Crippen molar-refractivity contribution >= 4 is 0 Å². The molecule has 0 aromatic carbocycles. The zero-order valence-corrected chi connectivity index (χ0v) is 15.5. The number of fused-ring (bicyclic) bond motifs is 1. The first-order chi connectivity index (χ1) is 13.5. The van der Waals surface area contributed by atoms with Gasteiger partial charge in [-0.05, 0) is 37.8 Å². The summed E-state index contributed by atoms with van der Waals surface area (Å²) in [5, 5.41) is 19.4. The fourth-order valence-corrected chi connectivity index (χ4v) is 3.94. The molecule has 178 valence electrons. The van der Waals surface area contributed by atoms with Crippen molar-refractivity contribution in [3.8, 4) is 0 Å². The number of allylic oxidation sites excluding steroid dienone is 2. The van der Waals surface area contributed by atoms with E-state index in [0.717, 1.165) is 0 Å². The standard InChI is InChI=1S/C17H14F12O2/c1-6-5-10(12(30,14(18,19)20)15(21,22)23)9-4-3-8(9)7(2)11(6)13(31,16(24,25)26)17(27,28)29/h5,11,30-31H,3-4H2,1-2H3. The molecular weight excluding hydrogens is 464 g/mol. The second kappa shape index (κ2) is 6.90. The van der Waals surface area contributed by atoms with Gasteiger partial charge in [-0.2, -0.15) is 52.7 Å². The normalized spacial score (nSPS) is 22.2. The first kappa shape index (κ1) is 25.6. The Morgan fingerprint density at radius 2 is 1.06 bits per heavy atom. The van der Waals surface area contributed by atoms with Crippen LogP contribution in [0.5, 0.6) is 0 Å². The van der Waals surface area contributed by atoms with Crippen molar-refractivity contribution < 1.29 is 62.9 Å². The fourth-order valence-electron chi connectivity index (χ4n) is 3.94. The lowest BCUT2D eigenvalue weighted by Gasteiger charge is -2.41. The molecule has 2 aliphatic carbocycles. The molecule has 0 aromatic heterocycles. The summed E-state index contributed by atoms with van der Waals surface area (Å²) in [6.45, 7) is 1.08. The highest BCUT2D eigenvalue weighted by Gasteiger charge is 2.76. The third kappa shape index (κ3) is 3.45. The lowest BCUT2D eigenvalue weighted by atomic mass is 9.71. The summed E-state index contributed by atoms with van der Waals surface area (Å²) >= 11 is 0. The lowest BCUT2D eigenvalue weighted by Crippen LogP contribution is -2.62.